The molecular weight excluding hydrogens is 144 g/mol. The molecule has 0 saturated carbocycles. The van der Waals surface area contributed by atoms with Crippen LogP contribution in [0.2, 0.25) is 0 Å². The van der Waals surface area contributed by atoms with Crippen LogP contribution in [0.25, 0.3) is 0 Å². The molecule has 1 nitrogen and oxygen atoms in total. The maximum Gasteiger partial charge on any atom is 0.132 e. The summed E-state index contributed by atoms with van der Waals surface area (Å²) in [6, 6.07) is 0. The molecule has 0 aliphatic carbocycles. The molecule has 1 aromatic rings. The Morgan fingerprint density at radius 3 is 2.50 bits per heavy atom. The van der Waals surface area contributed by atoms with E-state index in [1.165, 1.54) is 0 Å². The Kier molecular flexibility index (Phi) is 2.00. The van der Waals surface area contributed by atoms with Gasteiger partial charge in [-0.15, -0.1) is 11.3 Å². The second kappa shape index (κ2) is 2.62. The van der Waals surface area contributed by atoms with Crippen LogP contribution in [0.4, 0.5) is 0 Å². The lowest BCUT2D eigenvalue weighted by atomic mass is 10.1. The van der Waals surface area contributed by atoms with E-state index in [1.807, 2.05) is 19.2 Å². The van der Waals surface area contributed by atoms with Crippen molar-refractivity contribution in [1.82, 2.24) is 0 Å². The van der Waals surface area contributed by atoms with E-state index in [9.17, 15) is 5.11 Å². The lowest BCUT2D eigenvalue weighted by Gasteiger charge is -2.00. The molecular formula is C8H11OS. The third-order valence-corrected chi connectivity index (χ3v) is 2.74. The van der Waals surface area contributed by atoms with Gasteiger partial charge in [-0.2, -0.15) is 0 Å². The van der Waals surface area contributed by atoms with E-state index in [4.69, 9.17) is 0 Å². The summed E-state index contributed by atoms with van der Waals surface area (Å²) in [7, 11) is 0. The number of hydrogen-bond acceptors (Lipinski definition) is 2. The van der Waals surface area contributed by atoms with E-state index >= 15 is 0 Å². The molecule has 10 heavy (non-hydrogen) atoms. The fourth-order valence-electron chi connectivity index (χ4n) is 0.807. The summed E-state index contributed by atoms with van der Waals surface area (Å²) < 4.78 is 0. The van der Waals surface area contributed by atoms with E-state index in [-0.39, 0.29) is 5.92 Å². The van der Waals surface area contributed by atoms with Crippen molar-refractivity contribution in [3.8, 4) is 5.75 Å². The molecule has 0 spiro atoms. The van der Waals surface area contributed by atoms with Crippen LogP contribution in [0.3, 0.4) is 0 Å². The third kappa shape index (κ3) is 1.16. The first kappa shape index (κ1) is 7.61. The molecule has 0 aromatic carbocycles. The Bertz CT molecular complexity index is 225. The fraction of sp³-hybridized carbons (Fsp3) is 0.375. The van der Waals surface area contributed by atoms with Gasteiger partial charge in [0, 0.05) is 10.4 Å². The molecule has 1 heterocycles. The van der Waals surface area contributed by atoms with Crippen molar-refractivity contribution >= 4 is 11.3 Å². The monoisotopic (exact) mass is 155 g/mol. The third-order valence-electron chi connectivity index (χ3n) is 1.42. The van der Waals surface area contributed by atoms with Crippen LogP contribution in [0.1, 0.15) is 23.3 Å². The lowest BCUT2D eigenvalue weighted by molar-refractivity contribution is 0.466. The number of thiophene rings is 1. The predicted octanol–water partition coefficient (Wildman–Crippen LogP) is 2.70. The molecule has 0 saturated heterocycles. The van der Waals surface area contributed by atoms with Crippen LogP contribution < -0.4 is 0 Å². The van der Waals surface area contributed by atoms with Crippen molar-refractivity contribution in [2.45, 2.75) is 19.8 Å². The minimum atomic E-state index is 0.193. The smallest absolute Gasteiger partial charge is 0.132 e. The molecule has 1 N–H and O–H groups in total. The number of aryl methyl sites for hydroxylation is 1. The minimum Gasteiger partial charge on any atom is -0.507 e. The molecule has 1 radical (unpaired) electrons. The van der Waals surface area contributed by atoms with Gasteiger partial charge in [0.15, 0.2) is 0 Å². The zero-order valence-electron chi connectivity index (χ0n) is 6.22. The normalized spacial score (nSPS) is 10.8. The second-order valence-electron chi connectivity index (χ2n) is 2.53. The minimum absolute atomic E-state index is 0.193. The SMILES string of the molecule is [CH2]C(C)c1scc(C)c1O. The van der Waals surface area contributed by atoms with Crippen LogP contribution in [-0.4, -0.2) is 5.11 Å². The standard InChI is InChI=1S/C8H11OS/c1-5(2)8-7(9)6(3)4-10-8/h4-5,9H,1H2,2-3H3. The van der Waals surface area contributed by atoms with E-state index in [1.54, 1.807) is 11.3 Å². The summed E-state index contributed by atoms with van der Waals surface area (Å²) in [6.07, 6.45) is 0. The van der Waals surface area contributed by atoms with Crippen molar-refractivity contribution in [3.63, 3.8) is 0 Å². The highest BCUT2D eigenvalue weighted by Gasteiger charge is 2.09. The highest BCUT2D eigenvalue weighted by atomic mass is 32.1. The van der Waals surface area contributed by atoms with Gasteiger partial charge in [0.05, 0.1) is 0 Å². The molecule has 1 atom stereocenters. The summed E-state index contributed by atoms with van der Waals surface area (Å²) in [5.41, 5.74) is 0.954. The summed E-state index contributed by atoms with van der Waals surface area (Å²) in [6.45, 7) is 7.71. The summed E-state index contributed by atoms with van der Waals surface area (Å²) in [5, 5.41) is 11.3. The maximum absolute atomic E-state index is 9.38. The Balaban J connectivity index is 3.05. The summed E-state index contributed by atoms with van der Waals surface area (Å²) in [5.74, 6) is 0.617. The molecule has 1 aromatic heterocycles. The Morgan fingerprint density at radius 2 is 2.30 bits per heavy atom. The van der Waals surface area contributed by atoms with Crippen LogP contribution >= 0.6 is 11.3 Å². The molecule has 2 heteroatoms. The van der Waals surface area contributed by atoms with Gasteiger partial charge in [0.25, 0.3) is 0 Å². The van der Waals surface area contributed by atoms with Gasteiger partial charge in [-0.25, -0.2) is 0 Å². The van der Waals surface area contributed by atoms with Crippen LogP contribution in [0.15, 0.2) is 5.38 Å². The van der Waals surface area contributed by atoms with E-state index < -0.39 is 0 Å². The van der Waals surface area contributed by atoms with Crippen molar-refractivity contribution in [2.24, 2.45) is 0 Å². The first-order valence-electron chi connectivity index (χ1n) is 3.23. The van der Waals surface area contributed by atoms with Crippen LogP contribution in [0, 0.1) is 13.8 Å². The van der Waals surface area contributed by atoms with E-state index in [0.717, 1.165) is 10.4 Å². The van der Waals surface area contributed by atoms with Crippen molar-refractivity contribution < 1.29 is 5.11 Å². The van der Waals surface area contributed by atoms with Gasteiger partial charge in [0.1, 0.15) is 5.75 Å². The van der Waals surface area contributed by atoms with E-state index in [0.29, 0.717) is 5.75 Å². The first-order chi connectivity index (χ1) is 4.63. The van der Waals surface area contributed by atoms with Crippen LogP contribution in [0.5, 0.6) is 5.75 Å². The Labute approximate surface area is 65.3 Å². The molecule has 0 aliphatic rings. The average molecular weight is 155 g/mol. The Morgan fingerprint density at radius 1 is 1.70 bits per heavy atom. The zero-order valence-corrected chi connectivity index (χ0v) is 7.03. The summed E-state index contributed by atoms with van der Waals surface area (Å²) >= 11 is 1.57. The average Bonchev–Trinajstić information content (AvgIpc) is 2.14. The van der Waals surface area contributed by atoms with Gasteiger partial charge < -0.3 is 5.11 Å². The molecule has 0 bridgehead atoms. The van der Waals surface area contributed by atoms with Crippen LogP contribution in [-0.2, 0) is 0 Å². The molecule has 1 unspecified atom stereocenters. The molecule has 0 fully saturated rings. The summed E-state index contributed by atoms with van der Waals surface area (Å²) in [4.78, 5) is 0.984. The lowest BCUT2D eigenvalue weighted by Crippen LogP contribution is -1.81. The molecule has 0 aliphatic heterocycles. The van der Waals surface area contributed by atoms with Crippen molar-refractivity contribution in [3.05, 3.63) is 22.7 Å². The quantitative estimate of drug-likeness (QED) is 0.661. The van der Waals surface area contributed by atoms with Gasteiger partial charge in [-0.3, -0.25) is 0 Å². The van der Waals surface area contributed by atoms with Gasteiger partial charge in [-0.1, -0.05) is 6.92 Å². The molecule has 0 amide bonds. The van der Waals surface area contributed by atoms with Gasteiger partial charge >= 0.3 is 0 Å². The zero-order chi connectivity index (χ0) is 7.72. The first-order valence-corrected chi connectivity index (χ1v) is 4.11. The fourth-order valence-corrected chi connectivity index (χ4v) is 1.73. The van der Waals surface area contributed by atoms with Crippen molar-refractivity contribution in [2.75, 3.05) is 0 Å². The van der Waals surface area contributed by atoms with E-state index in [2.05, 4.69) is 6.92 Å². The van der Waals surface area contributed by atoms with Crippen molar-refractivity contribution in [1.29, 1.82) is 0 Å². The highest BCUT2D eigenvalue weighted by molar-refractivity contribution is 7.10. The Hall–Kier alpha value is -0.500. The number of aromatic hydroxyl groups is 1. The molecule has 1 rings (SSSR count). The van der Waals surface area contributed by atoms with Gasteiger partial charge in [0.2, 0.25) is 0 Å². The highest BCUT2D eigenvalue weighted by Crippen LogP contribution is 2.33. The predicted molar refractivity (Wildman–Crippen MR) is 44.5 cm³/mol. The number of hydrogen-bond donors (Lipinski definition) is 1. The number of rotatable bonds is 1. The second-order valence-corrected chi connectivity index (χ2v) is 3.44. The maximum atomic E-state index is 9.38. The topological polar surface area (TPSA) is 20.2 Å². The molecule has 55 valence electrons. The van der Waals surface area contributed by atoms with Gasteiger partial charge in [-0.05, 0) is 25.1 Å². The largest absolute Gasteiger partial charge is 0.507 e.